The molecule has 3 rings (SSSR count). The second kappa shape index (κ2) is 4.83. The summed E-state index contributed by atoms with van der Waals surface area (Å²) in [4.78, 5) is 16.4. The minimum atomic E-state index is -1.08. The Labute approximate surface area is 125 Å². The van der Waals surface area contributed by atoms with Crippen LogP contribution in [0.5, 0.6) is 0 Å². The van der Waals surface area contributed by atoms with Crippen LogP contribution in [0.4, 0.5) is 0 Å². The Morgan fingerprint density at radius 1 is 1.29 bits per heavy atom. The number of aryl methyl sites for hydroxylation is 1. The van der Waals surface area contributed by atoms with Crippen molar-refractivity contribution in [3.63, 3.8) is 0 Å². The molecular formula is C18H20NO2-. The summed E-state index contributed by atoms with van der Waals surface area (Å²) in [6.07, 6.45) is 2.69. The fourth-order valence-electron chi connectivity index (χ4n) is 3.36. The van der Waals surface area contributed by atoms with Gasteiger partial charge in [-0.2, -0.15) is 0 Å². The number of fused-ring (bicyclic) bond motifs is 2. The van der Waals surface area contributed by atoms with Gasteiger partial charge in [0, 0.05) is 16.6 Å². The Kier molecular flexibility index (Phi) is 3.23. The highest BCUT2D eigenvalue weighted by molar-refractivity contribution is 6.03. The second-order valence-electron chi connectivity index (χ2n) is 7.02. The fourth-order valence-corrected chi connectivity index (χ4v) is 3.36. The summed E-state index contributed by atoms with van der Waals surface area (Å²) in [5.41, 5.74) is 3.11. The molecule has 0 unspecified atom stereocenters. The normalized spacial score (nSPS) is 18.5. The van der Waals surface area contributed by atoms with Gasteiger partial charge in [0.05, 0.1) is 11.5 Å². The van der Waals surface area contributed by atoms with E-state index in [1.165, 1.54) is 0 Å². The van der Waals surface area contributed by atoms with E-state index in [1.807, 2.05) is 24.3 Å². The molecule has 2 aromatic rings. The predicted molar refractivity (Wildman–Crippen MR) is 81.0 cm³/mol. The minimum absolute atomic E-state index is 0.173. The topological polar surface area (TPSA) is 53.0 Å². The molecule has 3 heteroatoms. The summed E-state index contributed by atoms with van der Waals surface area (Å²) >= 11 is 0. The van der Waals surface area contributed by atoms with Gasteiger partial charge in [-0.25, -0.2) is 0 Å². The third-order valence-electron chi connectivity index (χ3n) is 4.69. The van der Waals surface area contributed by atoms with Gasteiger partial charge in [0.2, 0.25) is 0 Å². The van der Waals surface area contributed by atoms with Gasteiger partial charge in [-0.3, -0.25) is 4.98 Å². The average molecular weight is 282 g/mol. The van der Waals surface area contributed by atoms with Gasteiger partial charge < -0.3 is 9.90 Å². The average Bonchev–Trinajstić information content (AvgIpc) is 2.42. The smallest absolute Gasteiger partial charge is 0.0725 e. The zero-order valence-electron chi connectivity index (χ0n) is 12.8. The molecule has 3 nitrogen and oxygen atoms in total. The van der Waals surface area contributed by atoms with E-state index in [9.17, 15) is 9.90 Å². The van der Waals surface area contributed by atoms with E-state index < -0.39 is 5.97 Å². The summed E-state index contributed by atoms with van der Waals surface area (Å²) in [5.74, 6) is -0.606. The number of pyridine rings is 1. The Morgan fingerprint density at radius 3 is 2.67 bits per heavy atom. The minimum Gasteiger partial charge on any atom is -0.545 e. The molecule has 21 heavy (non-hydrogen) atoms. The van der Waals surface area contributed by atoms with Crippen LogP contribution in [-0.2, 0) is 12.8 Å². The predicted octanol–water partition coefficient (Wildman–Crippen LogP) is 2.75. The van der Waals surface area contributed by atoms with Crippen LogP contribution in [0.2, 0.25) is 0 Å². The molecule has 1 heterocycles. The third-order valence-corrected chi connectivity index (χ3v) is 4.69. The van der Waals surface area contributed by atoms with Crippen molar-refractivity contribution in [2.45, 2.75) is 40.0 Å². The number of carbonyl (C=O) groups is 1. The lowest BCUT2D eigenvalue weighted by Gasteiger charge is -2.35. The number of nitrogens with zero attached hydrogens (tertiary/aromatic N) is 1. The van der Waals surface area contributed by atoms with Gasteiger partial charge in [0.15, 0.2) is 0 Å². The number of aromatic nitrogens is 1. The van der Waals surface area contributed by atoms with Crippen LogP contribution in [0.15, 0.2) is 24.3 Å². The van der Waals surface area contributed by atoms with E-state index >= 15 is 0 Å². The largest absolute Gasteiger partial charge is 0.545 e. The van der Waals surface area contributed by atoms with Gasteiger partial charge in [0.1, 0.15) is 0 Å². The van der Waals surface area contributed by atoms with Crippen LogP contribution in [-0.4, -0.2) is 11.0 Å². The van der Waals surface area contributed by atoms with Crippen molar-refractivity contribution in [3.05, 3.63) is 41.1 Å². The monoisotopic (exact) mass is 282 g/mol. The first-order valence-corrected chi connectivity index (χ1v) is 7.50. The highest BCUT2D eigenvalue weighted by Crippen LogP contribution is 2.39. The number of para-hydroxylation sites is 1. The van der Waals surface area contributed by atoms with Crippen molar-refractivity contribution < 1.29 is 9.90 Å². The number of rotatable bonds is 1. The molecule has 0 N–H and O–H groups in total. The van der Waals surface area contributed by atoms with E-state index in [1.54, 1.807) is 0 Å². The van der Waals surface area contributed by atoms with E-state index in [0.29, 0.717) is 16.9 Å². The third kappa shape index (κ3) is 2.41. The van der Waals surface area contributed by atoms with Crippen LogP contribution in [0.3, 0.4) is 0 Å². The van der Waals surface area contributed by atoms with E-state index in [-0.39, 0.29) is 5.41 Å². The first kappa shape index (κ1) is 14.1. The number of hydrogen-bond acceptors (Lipinski definition) is 3. The number of benzene rings is 1. The molecule has 0 radical (unpaired) electrons. The van der Waals surface area contributed by atoms with Crippen molar-refractivity contribution in [2.24, 2.45) is 11.3 Å². The number of carboxylic acid groups (broad SMARTS) is 1. The van der Waals surface area contributed by atoms with Gasteiger partial charge in [-0.15, -0.1) is 0 Å². The lowest BCUT2D eigenvalue weighted by Crippen LogP contribution is -2.31. The lowest BCUT2D eigenvalue weighted by atomic mass is 9.70. The van der Waals surface area contributed by atoms with Crippen molar-refractivity contribution >= 4 is 16.9 Å². The molecule has 0 fully saturated rings. The Balaban J connectivity index is 2.22. The van der Waals surface area contributed by atoms with Gasteiger partial charge in [-0.1, -0.05) is 39.0 Å². The Bertz CT molecular complexity index is 713. The van der Waals surface area contributed by atoms with Crippen molar-refractivity contribution in [2.75, 3.05) is 0 Å². The van der Waals surface area contributed by atoms with Crippen LogP contribution in [0.25, 0.3) is 10.9 Å². The quantitative estimate of drug-likeness (QED) is 0.808. The number of carbonyl (C=O) groups excluding carboxylic acids is 1. The molecule has 0 amide bonds. The zero-order chi connectivity index (χ0) is 15.2. The molecule has 110 valence electrons. The first-order chi connectivity index (χ1) is 9.88. The molecule has 1 atom stereocenters. The van der Waals surface area contributed by atoms with Crippen LogP contribution >= 0.6 is 0 Å². The molecule has 1 aliphatic rings. The van der Waals surface area contributed by atoms with Gasteiger partial charge in [-0.05, 0) is 42.2 Å². The summed E-state index contributed by atoms with van der Waals surface area (Å²) in [6, 6.07) is 7.45. The molecule has 1 aromatic heterocycles. The fraction of sp³-hybridized carbons (Fsp3) is 0.444. The van der Waals surface area contributed by atoms with E-state index in [0.717, 1.165) is 36.0 Å². The summed E-state index contributed by atoms with van der Waals surface area (Å²) in [7, 11) is 0. The standard InChI is InChI=1S/C18H21NO2/c1-18(2,3)11-8-9-15-13(10-11)16(17(20)21)12-6-4-5-7-14(12)19-15/h4-7,11H,8-10H2,1-3H3,(H,20,21)/p-1/t11-/m1/s1. The molecule has 1 aromatic carbocycles. The van der Waals surface area contributed by atoms with Crippen molar-refractivity contribution in [1.29, 1.82) is 0 Å². The number of carboxylic acids is 1. The Hall–Kier alpha value is -1.90. The Morgan fingerprint density at radius 2 is 2.00 bits per heavy atom. The molecule has 0 aliphatic heterocycles. The van der Waals surface area contributed by atoms with Crippen LogP contribution in [0.1, 0.15) is 48.8 Å². The van der Waals surface area contributed by atoms with Crippen molar-refractivity contribution in [3.8, 4) is 0 Å². The molecule has 0 bridgehead atoms. The number of hydrogen-bond donors (Lipinski definition) is 0. The van der Waals surface area contributed by atoms with Gasteiger partial charge >= 0.3 is 0 Å². The van der Waals surface area contributed by atoms with E-state index in [4.69, 9.17) is 0 Å². The summed E-state index contributed by atoms with van der Waals surface area (Å²) in [6.45, 7) is 6.65. The zero-order valence-corrected chi connectivity index (χ0v) is 12.8. The van der Waals surface area contributed by atoms with Crippen LogP contribution in [0, 0.1) is 11.3 Å². The maximum absolute atomic E-state index is 11.7. The first-order valence-electron chi connectivity index (χ1n) is 7.50. The molecule has 0 saturated carbocycles. The highest BCUT2D eigenvalue weighted by Gasteiger charge is 2.31. The SMILES string of the molecule is CC(C)(C)[C@@H]1CCc2nc3ccccc3c(C(=O)[O-])c2C1. The van der Waals surface area contributed by atoms with Crippen molar-refractivity contribution in [1.82, 2.24) is 4.98 Å². The van der Waals surface area contributed by atoms with E-state index in [2.05, 4.69) is 25.8 Å². The molecular weight excluding hydrogens is 262 g/mol. The number of aromatic carboxylic acids is 1. The molecule has 0 spiro atoms. The summed E-state index contributed by atoms with van der Waals surface area (Å²) in [5, 5.41) is 12.4. The second-order valence-corrected chi connectivity index (χ2v) is 7.02. The summed E-state index contributed by atoms with van der Waals surface area (Å²) < 4.78 is 0. The van der Waals surface area contributed by atoms with Gasteiger partial charge in [0.25, 0.3) is 0 Å². The maximum atomic E-state index is 11.7. The lowest BCUT2D eigenvalue weighted by molar-refractivity contribution is -0.254. The van der Waals surface area contributed by atoms with Crippen LogP contribution < -0.4 is 5.11 Å². The molecule has 0 saturated heterocycles. The molecule has 1 aliphatic carbocycles. The highest BCUT2D eigenvalue weighted by atomic mass is 16.4. The maximum Gasteiger partial charge on any atom is 0.0725 e.